The first-order valence-corrected chi connectivity index (χ1v) is 7.31. The molecule has 0 spiro atoms. The van der Waals surface area contributed by atoms with Gasteiger partial charge in [0.05, 0.1) is 13.0 Å². The van der Waals surface area contributed by atoms with Crippen LogP contribution in [0.5, 0.6) is 0 Å². The fourth-order valence-corrected chi connectivity index (χ4v) is 2.54. The van der Waals surface area contributed by atoms with Gasteiger partial charge in [-0.2, -0.15) is 0 Å². The molecule has 1 amide bonds. The van der Waals surface area contributed by atoms with E-state index in [0.29, 0.717) is 13.1 Å². The summed E-state index contributed by atoms with van der Waals surface area (Å²) in [6, 6.07) is 10.2. The van der Waals surface area contributed by atoms with Crippen LogP contribution in [0.1, 0.15) is 18.4 Å². The number of esters is 1. The van der Waals surface area contributed by atoms with Crippen LogP contribution in [0.2, 0.25) is 0 Å². The van der Waals surface area contributed by atoms with Crippen LogP contribution in [0.25, 0.3) is 0 Å². The second kappa shape index (κ2) is 7.78. The van der Waals surface area contributed by atoms with Crippen LogP contribution in [-0.2, 0) is 20.9 Å². The van der Waals surface area contributed by atoms with Gasteiger partial charge in [-0.3, -0.25) is 9.59 Å². The predicted octanol–water partition coefficient (Wildman–Crippen LogP) is 1.19. The highest BCUT2D eigenvalue weighted by atomic mass is 16.5. The predicted molar refractivity (Wildman–Crippen MR) is 79.5 cm³/mol. The summed E-state index contributed by atoms with van der Waals surface area (Å²) in [5, 5.41) is 3.36. The molecule has 0 saturated carbocycles. The van der Waals surface area contributed by atoms with E-state index >= 15 is 0 Å². The summed E-state index contributed by atoms with van der Waals surface area (Å²) in [5.41, 5.74) is 1.25. The van der Waals surface area contributed by atoms with Crippen LogP contribution in [0, 0.1) is 5.92 Å². The van der Waals surface area contributed by atoms with E-state index in [2.05, 4.69) is 17.4 Å². The van der Waals surface area contributed by atoms with Crippen molar-refractivity contribution in [2.45, 2.75) is 19.4 Å². The first kappa shape index (κ1) is 15.5. The monoisotopic (exact) mass is 290 g/mol. The molecule has 1 unspecified atom stereocenters. The Bertz CT molecular complexity index is 476. The maximum atomic E-state index is 11.8. The lowest BCUT2D eigenvalue weighted by Gasteiger charge is -2.16. The average molecular weight is 290 g/mol. The van der Waals surface area contributed by atoms with Gasteiger partial charge in [0.25, 0.3) is 0 Å². The van der Waals surface area contributed by atoms with Crippen molar-refractivity contribution >= 4 is 11.9 Å². The van der Waals surface area contributed by atoms with Crippen LogP contribution >= 0.6 is 0 Å². The van der Waals surface area contributed by atoms with Crippen molar-refractivity contribution in [3.8, 4) is 0 Å². The first-order valence-electron chi connectivity index (χ1n) is 7.31. The van der Waals surface area contributed by atoms with Gasteiger partial charge in [-0.25, -0.2) is 0 Å². The number of hydrogen-bond acceptors (Lipinski definition) is 4. The lowest BCUT2D eigenvalue weighted by Crippen LogP contribution is -2.29. The molecule has 1 atom stereocenters. The largest absolute Gasteiger partial charge is 0.469 e. The minimum Gasteiger partial charge on any atom is -0.469 e. The normalized spacial score (nSPS) is 18.0. The topological polar surface area (TPSA) is 58.6 Å². The summed E-state index contributed by atoms with van der Waals surface area (Å²) in [7, 11) is 1.36. The molecule has 1 fully saturated rings. The Morgan fingerprint density at radius 3 is 2.86 bits per heavy atom. The van der Waals surface area contributed by atoms with Gasteiger partial charge in [0.2, 0.25) is 5.91 Å². The molecule has 1 aromatic carbocycles. The zero-order chi connectivity index (χ0) is 15.1. The Morgan fingerprint density at radius 2 is 2.14 bits per heavy atom. The number of rotatable bonds is 7. The van der Waals surface area contributed by atoms with E-state index in [1.807, 2.05) is 18.2 Å². The molecule has 1 aliphatic heterocycles. The number of methoxy groups -OCH3 is 1. The van der Waals surface area contributed by atoms with Crippen LogP contribution < -0.4 is 5.32 Å². The Balaban J connectivity index is 1.63. The van der Waals surface area contributed by atoms with Gasteiger partial charge < -0.3 is 15.0 Å². The Morgan fingerprint density at radius 1 is 1.38 bits per heavy atom. The molecule has 0 aliphatic carbocycles. The number of ether oxygens (including phenoxy) is 1. The number of nitrogens with zero attached hydrogens (tertiary/aromatic N) is 1. The highest BCUT2D eigenvalue weighted by Gasteiger charge is 2.34. The molecule has 21 heavy (non-hydrogen) atoms. The molecular formula is C16H22N2O3. The summed E-state index contributed by atoms with van der Waals surface area (Å²) >= 11 is 0. The third kappa shape index (κ3) is 4.56. The van der Waals surface area contributed by atoms with Crippen LogP contribution in [0.15, 0.2) is 30.3 Å². The fraction of sp³-hybridized carbons (Fsp3) is 0.500. The van der Waals surface area contributed by atoms with Gasteiger partial charge in [0.1, 0.15) is 0 Å². The smallest absolute Gasteiger partial charge is 0.310 e. The molecule has 1 heterocycles. The zero-order valence-corrected chi connectivity index (χ0v) is 12.4. The molecule has 0 aromatic heterocycles. The Labute approximate surface area is 125 Å². The summed E-state index contributed by atoms with van der Waals surface area (Å²) in [6.07, 6.45) is 1.16. The standard InChI is InChI=1S/C16H22N2O3/c1-21-16(20)14-10-15(19)18(12-14)9-5-8-17-11-13-6-3-2-4-7-13/h2-4,6-7,14,17H,5,8-12H2,1H3. The lowest BCUT2D eigenvalue weighted by molar-refractivity contribution is -0.145. The number of amides is 1. The molecule has 2 rings (SSSR count). The number of nitrogens with one attached hydrogen (secondary N) is 1. The van der Waals surface area contributed by atoms with E-state index in [4.69, 9.17) is 4.74 Å². The van der Waals surface area contributed by atoms with E-state index < -0.39 is 0 Å². The summed E-state index contributed by atoms with van der Waals surface area (Å²) < 4.78 is 4.69. The maximum absolute atomic E-state index is 11.8. The maximum Gasteiger partial charge on any atom is 0.310 e. The zero-order valence-electron chi connectivity index (χ0n) is 12.4. The van der Waals surface area contributed by atoms with Gasteiger partial charge in [-0.15, -0.1) is 0 Å². The van der Waals surface area contributed by atoms with Crippen LogP contribution in [0.3, 0.4) is 0 Å². The highest BCUT2D eigenvalue weighted by Crippen LogP contribution is 2.18. The van der Waals surface area contributed by atoms with Gasteiger partial charge in [0, 0.05) is 26.1 Å². The van der Waals surface area contributed by atoms with Crippen molar-refractivity contribution in [2.24, 2.45) is 5.92 Å². The molecule has 1 saturated heterocycles. The number of hydrogen-bond donors (Lipinski definition) is 1. The molecule has 0 bridgehead atoms. The molecular weight excluding hydrogens is 268 g/mol. The van der Waals surface area contributed by atoms with Crippen molar-refractivity contribution in [3.05, 3.63) is 35.9 Å². The third-order valence-electron chi connectivity index (χ3n) is 3.70. The van der Waals surface area contributed by atoms with Crippen molar-refractivity contribution < 1.29 is 14.3 Å². The van der Waals surface area contributed by atoms with Crippen LogP contribution in [-0.4, -0.2) is 43.5 Å². The lowest BCUT2D eigenvalue weighted by atomic mass is 10.1. The van der Waals surface area contributed by atoms with Crippen molar-refractivity contribution in [3.63, 3.8) is 0 Å². The van der Waals surface area contributed by atoms with Crippen molar-refractivity contribution in [2.75, 3.05) is 26.7 Å². The van der Waals surface area contributed by atoms with Crippen LogP contribution in [0.4, 0.5) is 0 Å². The van der Waals surface area contributed by atoms with Crippen molar-refractivity contribution in [1.29, 1.82) is 0 Å². The Kier molecular flexibility index (Phi) is 5.75. The second-order valence-corrected chi connectivity index (χ2v) is 5.28. The number of carbonyl (C=O) groups is 2. The number of benzene rings is 1. The van der Waals surface area contributed by atoms with Gasteiger partial charge >= 0.3 is 5.97 Å². The third-order valence-corrected chi connectivity index (χ3v) is 3.70. The van der Waals surface area contributed by atoms with E-state index in [9.17, 15) is 9.59 Å². The fourth-order valence-electron chi connectivity index (χ4n) is 2.54. The van der Waals surface area contributed by atoms with E-state index in [1.165, 1.54) is 12.7 Å². The molecule has 5 heteroatoms. The number of likely N-dealkylation sites (tertiary alicyclic amines) is 1. The van der Waals surface area contributed by atoms with Gasteiger partial charge in [0.15, 0.2) is 0 Å². The Hall–Kier alpha value is -1.88. The summed E-state index contributed by atoms with van der Waals surface area (Å²) in [5.74, 6) is -0.527. The minimum absolute atomic E-state index is 0.0495. The minimum atomic E-state index is -0.292. The SMILES string of the molecule is COC(=O)C1CC(=O)N(CCCNCc2ccccc2)C1. The van der Waals surface area contributed by atoms with E-state index in [-0.39, 0.29) is 24.2 Å². The quantitative estimate of drug-likeness (QED) is 0.605. The molecule has 1 aromatic rings. The van der Waals surface area contributed by atoms with E-state index in [0.717, 1.165) is 19.5 Å². The highest BCUT2D eigenvalue weighted by molar-refractivity contribution is 5.86. The molecule has 114 valence electrons. The molecule has 0 radical (unpaired) electrons. The van der Waals surface area contributed by atoms with E-state index in [1.54, 1.807) is 4.90 Å². The average Bonchev–Trinajstić information content (AvgIpc) is 2.88. The summed E-state index contributed by atoms with van der Waals surface area (Å²) in [6.45, 7) is 2.86. The molecule has 5 nitrogen and oxygen atoms in total. The first-order chi connectivity index (χ1) is 10.2. The second-order valence-electron chi connectivity index (χ2n) is 5.28. The molecule has 1 N–H and O–H groups in total. The molecule has 1 aliphatic rings. The summed E-state index contributed by atoms with van der Waals surface area (Å²) in [4.78, 5) is 25.0. The number of carbonyl (C=O) groups excluding carboxylic acids is 2. The van der Waals surface area contributed by atoms with Gasteiger partial charge in [-0.05, 0) is 18.5 Å². The van der Waals surface area contributed by atoms with Crippen molar-refractivity contribution in [1.82, 2.24) is 10.2 Å². The van der Waals surface area contributed by atoms with Gasteiger partial charge in [-0.1, -0.05) is 30.3 Å².